The van der Waals surface area contributed by atoms with Crippen LogP contribution in [0.15, 0.2) is 77.7 Å². The Morgan fingerprint density at radius 1 is 0.889 bits per heavy atom. The van der Waals surface area contributed by atoms with Crippen LogP contribution in [0.5, 0.6) is 5.75 Å². The van der Waals surface area contributed by atoms with E-state index in [1.165, 1.54) is 49.6 Å². The third-order valence-corrected chi connectivity index (χ3v) is 5.73. The van der Waals surface area contributed by atoms with E-state index in [0.717, 1.165) is 10.4 Å². The van der Waals surface area contributed by atoms with E-state index in [1.54, 1.807) is 24.3 Å². The van der Waals surface area contributed by atoms with Crippen molar-refractivity contribution in [1.82, 2.24) is 0 Å². The zero-order valence-corrected chi connectivity index (χ0v) is 15.3. The molecule has 140 valence electrons. The van der Waals surface area contributed by atoms with Crippen molar-refractivity contribution in [1.29, 1.82) is 0 Å². The number of ether oxygens (including phenoxy) is 1. The van der Waals surface area contributed by atoms with E-state index in [2.05, 4.69) is 0 Å². The number of methoxy groups -OCH3 is 1. The Hall–Kier alpha value is -2.93. The maximum absolute atomic E-state index is 13.6. The summed E-state index contributed by atoms with van der Waals surface area (Å²) in [5, 5.41) is 0. The summed E-state index contributed by atoms with van der Waals surface area (Å²) < 4.78 is 59.5. The average molecular weight is 389 g/mol. The predicted molar refractivity (Wildman–Crippen MR) is 99.2 cm³/mol. The molecule has 0 spiro atoms. The zero-order chi connectivity index (χ0) is 19.4. The van der Waals surface area contributed by atoms with Crippen LogP contribution in [0.25, 0.3) is 0 Å². The molecule has 4 nitrogen and oxygen atoms in total. The first kappa shape index (κ1) is 18.8. The Labute approximate surface area is 156 Å². The van der Waals surface area contributed by atoms with Crippen molar-refractivity contribution in [3.63, 3.8) is 0 Å². The van der Waals surface area contributed by atoms with E-state index < -0.39 is 21.7 Å². The van der Waals surface area contributed by atoms with Crippen LogP contribution < -0.4 is 9.04 Å². The molecule has 0 bridgehead atoms. The second-order valence-electron chi connectivity index (χ2n) is 5.80. The molecule has 0 amide bonds. The highest BCUT2D eigenvalue weighted by Crippen LogP contribution is 2.27. The Balaban J connectivity index is 2.08. The van der Waals surface area contributed by atoms with Gasteiger partial charge in [0, 0.05) is 0 Å². The Bertz CT molecular complexity index is 1040. The van der Waals surface area contributed by atoms with Gasteiger partial charge in [-0.05, 0) is 60.2 Å². The first-order chi connectivity index (χ1) is 12.9. The second-order valence-corrected chi connectivity index (χ2v) is 7.66. The second kappa shape index (κ2) is 7.75. The van der Waals surface area contributed by atoms with Crippen LogP contribution >= 0.6 is 0 Å². The third-order valence-electron chi connectivity index (χ3n) is 3.96. The van der Waals surface area contributed by atoms with E-state index in [9.17, 15) is 17.2 Å². The van der Waals surface area contributed by atoms with Crippen molar-refractivity contribution in [2.45, 2.75) is 11.4 Å². The monoisotopic (exact) mass is 389 g/mol. The Kier molecular flexibility index (Phi) is 5.41. The average Bonchev–Trinajstić information content (AvgIpc) is 2.67. The summed E-state index contributed by atoms with van der Waals surface area (Å²) >= 11 is 0. The van der Waals surface area contributed by atoms with Crippen LogP contribution in [-0.4, -0.2) is 15.5 Å². The van der Waals surface area contributed by atoms with Crippen LogP contribution in [0, 0.1) is 11.6 Å². The standard InChI is InChI=1S/C20H17F2NO3S/c1-26-19-6-2-4-15(12-19)14-23(18-10-8-16(21)9-11-18)27(24,25)20-7-3-5-17(22)13-20/h2-13H,14H2,1H3. The van der Waals surface area contributed by atoms with E-state index in [0.29, 0.717) is 11.3 Å². The lowest BCUT2D eigenvalue weighted by Gasteiger charge is -2.25. The molecule has 0 aliphatic carbocycles. The zero-order valence-electron chi connectivity index (χ0n) is 14.5. The largest absolute Gasteiger partial charge is 0.497 e. The molecule has 3 aromatic rings. The SMILES string of the molecule is COc1cccc(CN(c2ccc(F)cc2)S(=O)(=O)c2cccc(F)c2)c1. The molecular weight excluding hydrogens is 372 g/mol. The number of rotatable bonds is 6. The molecule has 0 saturated carbocycles. The van der Waals surface area contributed by atoms with Crippen LogP contribution in [0.3, 0.4) is 0 Å². The number of sulfonamides is 1. The van der Waals surface area contributed by atoms with E-state index in [1.807, 2.05) is 0 Å². The molecule has 0 unspecified atom stereocenters. The van der Waals surface area contributed by atoms with E-state index in [4.69, 9.17) is 4.74 Å². The van der Waals surface area contributed by atoms with Gasteiger partial charge in [0.1, 0.15) is 17.4 Å². The van der Waals surface area contributed by atoms with Gasteiger partial charge in [0.05, 0.1) is 24.2 Å². The van der Waals surface area contributed by atoms with Gasteiger partial charge in [-0.3, -0.25) is 4.31 Å². The fourth-order valence-corrected chi connectivity index (χ4v) is 4.10. The van der Waals surface area contributed by atoms with Crippen molar-refractivity contribution >= 4 is 15.7 Å². The van der Waals surface area contributed by atoms with Gasteiger partial charge >= 0.3 is 0 Å². The van der Waals surface area contributed by atoms with Gasteiger partial charge in [0.15, 0.2) is 0 Å². The van der Waals surface area contributed by atoms with E-state index in [-0.39, 0.29) is 17.1 Å². The van der Waals surface area contributed by atoms with Gasteiger partial charge in [-0.25, -0.2) is 17.2 Å². The van der Waals surface area contributed by atoms with Crippen LogP contribution in [-0.2, 0) is 16.6 Å². The minimum atomic E-state index is -4.08. The molecule has 0 N–H and O–H groups in total. The van der Waals surface area contributed by atoms with Crippen molar-refractivity contribution < 1.29 is 21.9 Å². The molecule has 0 heterocycles. The topological polar surface area (TPSA) is 46.6 Å². The highest BCUT2D eigenvalue weighted by molar-refractivity contribution is 7.92. The maximum Gasteiger partial charge on any atom is 0.264 e. The van der Waals surface area contributed by atoms with Gasteiger partial charge in [0.25, 0.3) is 10.0 Å². The summed E-state index contributed by atoms with van der Waals surface area (Å²) in [4.78, 5) is -0.185. The molecule has 3 aromatic carbocycles. The summed E-state index contributed by atoms with van der Waals surface area (Å²) in [6.45, 7) is -0.0261. The summed E-state index contributed by atoms with van der Waals surface area (Å²) in [5.74, 6) is -0.561. The molecule has 3 rings (SSSR count). The van der Waals surface area contributed by atoms with Gasteiger partial charge in [-0.15, -0.1) is 0 Å². The van der Waals surface area contributed by atoms with E-state index >= 15 is 0 Å². The highest BCUT2D eigenvalue weighted by atomic mass is 32.2. The summed E-state index contributed by atoms with van der Waals surface area (Å²) in [7, 11) is -2.56. The summed E-state index contributed by atoms with van der Waals surface area (Å²) in [6, 6.07) is 16.8. The lowest BCUT2D eigenvalue weighted by molar-refractivity contribution is 0.414. The lowest BCUT2D eigenvalue weighted by atomic mass is 10.2. The van der Waals surface area contributed by atoms with Crippen LogP contribution in [0.4, 0.5) is 14.5 Å². The Morgan fingerprint density at radius 2 is 1.59 bits per heavy atom. The van der Waals surface area contributed by atoms with Crippen molar-refractivity contribution in [2.24, 2.45) is 0 Å². The predicted octanol–water partition coefficient (Wildman–Crippen LogP) is 4.37. The number of anilines is 1. The highest BCUT2D eigenvalue weighted by Gasteiger charge is 2.26. The molecule has 0 aliphatic heterocycles. The molecule has 0 aliphatic rings. The molecule has 0 radical (unpaired) electrons. The number of benzene rings is 3. The van der Waals surface area contributed by atoms with Crippen molar-refractivity contribution in [2.75, 3.05) is 11.4 Å². The van der Waals surface area contributed by atoms with Gasteiger partial charge in [0.2, 0.25) is 0 Å². The van der Waals surface area contributed by atoms with Gasteiger partial charge in [-0.2, -0.15) is 0 Å². The molecule has 27 heavy (non-hydrogen) atoms. The number of halogens is 2. The lowest BCUT2D eigenvalue weighted by Crippen LogP contribution is -2.30. The quantitative estimate of drug-likeness (QED) is 0.629. The molecule has 0 saturated heterocycles. The fourth-order valence-electron chi connectivity index (χ4n) is 2.61. The fraction of sp³-hybridized carbons (Fsp3) is 0.100. The first-order valence-corrected chi connectivity index (χ1v) is 9.51. The maximum atomic E-state index is 13.6. The molecular formula is C20H17F2NO3S. The van der Waals surface area contributed by atoms with Crippen molar-refractivity contribution in [3.05, 3.63) is 90.0 Å². The third kappa shape index (κ3) is 4.25. The van der Waals surface area contributed by atoms with Crippen LogP contribution in [0.2, 0.25) is 0 Å². The molecule has 0 fully saturated rings. The molecule has 0 atom stereocenters. The molecule has 0 aromatic heterocycles. The smallest absolute Gasteiger partial charge is 0.264 e. The number of hydrogen-bond acceptors (Lipinski definition) is 3. The minimum Gasteiger partial charge on any atom is -0.497 e. The minimum absolute atomic E-state index is 0.0261. The normalized spacial score (nSPS) is 11.2. The Morgan fingerprint density at radius 3 is 2.26 bits per heavy atom. The van der Waals surface area contributed by atoms with Crippen molar-refractivity contribution in [3.8, 4) is 5.75 Å². The number of nitrogens with zero attached hydrogens (tertiary/aromatic N) is 1. The summed E-state index contributed by atoms with van der Waals surface area (Å²) in [6.07, 6.45) is 0. The van der Waals surface area contributed by atoms with Gasteiger partial charge < -0.3 is 4.74 Å². The van der Waals surface area contributed by atoms with Crippen LogP contribution in [0.1, 0.15) is 5.56 Å². The molecule has 7 heteroatoms. The number of hydrogen-bond donors (Lipinski definition) is 0. The first-order valence-electron chi connectivity index (χ1n) is 8.07. The van der Waals surface area contributed by atoms with Gasteiger partial charge in [-0.1, -0.05) is 18.2 Å². The summed E-state index contributed by atoms with van der Waals surface area (Å²) in [5.41, 5.74) is 0.933.